The number of halogens is 4. The van der Waals surface area contributed by atoms with Crippen LogP contribution in [0.15, 0.2) is 30.3 Å². The van der Waals surface area contributed by atoms with Gasteiger partial charge in [-0.1, -0.05) is 11.6 Å². The minimum atomic E-state index is -1.09. The van der Waals surface area contributed by atoms with Crippen LogP contribution in [0.1, 0.15) is 5.56 Å². The van der Waals surface area contributed by atoms with E-state index in [0.717, 1.165) is 0 Å². The van der Waals surface area contributed by atoms with E-state index in [4.69, 9.17) is 16.9 Å². The van der Waals surface area contributed by atoms with Crippen LogP contribution < -0.4 is 5.32 Å². The van der Waals surface area contributed by atoms with E-state index in [9.17, 15) is 13.2 Å². The molecule has 0 aliphatic rings. The third-order valence-corrected chi connectivity index (χ3v) is 2.60. The molecule has 0 amide bonds. The fourth-order valence-corrected chi connectivity index (χ4v) is 1.69. The molecular formula is C13H6ClF3N2. The summed E-state index contributed by atoms with van der Waals surface area (Å²) in [6.45, 7) is 0. The van der Waals surface area contributed by atoms with Crippen molar-refractivity contribution in [2.24, 2.45) is 0 Å². The first kappa shape index (κ1) is 13.2. The van der Waals surface area contributed by atoms with E-state index >= 15 is 0 Å². The van der Waals surface area contributed by atoms with Crippen molar-refractivity contribution in [2.45, 2.75) is 0 Å². The van der Waals surface area contributed by atoms with E-state index in [-0.39, 0.29) is 11.3 Å². The molecule has 2 aromatic rings. The number of nitrogens with zero attached hydrogens (tertiary/aromatic N) is 1. The summed E-state index contributed by atoms with van der Waals surface area (Å²) < 4.78 is 39.7. The molecule has 0 aliphatic carbocycles. The predicted octanol–water partition coefficient (Wildman–Crippen LogP) is 4.37. The highest BCUT2D eigenvalue weighted by molar-refractivity contribution is 6.30. The third-order valence-electron chi connectivity index (χ3n) is 2.37. The van der Waals surface area contributed by atoms with Gasteiger partial charge in [-0.15, -0.1) is 0 Å². The second-order valence-electron chi connectivity index (χ2n) is 3.67. The SMILES string of the molecule is N#Cc1cc(Cl)ccc1Nc1c(F)cc(F)cc1F. The highest BCUT2D eigenvalue weighted by Crippen LogP contribution is 2.27. The third kappa shape index (κ3) is 2.80. The van der Waals surface area contributed by atoms with Crippen LogP contribution in [0.3, 0.4) is 0 Å². The van der Waals surface area contributed by atoms with Crippen molar-refractivity contribution in [3.8, 4) is 6.07 Å². The Bertz CT molecular complexity index is 657. The fraction of sp³-hybridized carbons (Fsp3) is 0. The summed E-state index contributed by atoms with van der Waals surface area (Å²) in [4.78, 5) is 0. The molecular weight excluding hydrogens is 277 g/mol. The smallest absolute Gasteiger partial charge is 0.152 e. The average Bonchev–Trinajstić information content (AvgIpc) is 2.35. The van der Waals surface area contributed by atoms with Gasteiger partial charge in [-0.2, -0.15) is 5.26 Å². The van der Waals surface area contributed by atoms with Crippen LogP contribution in [0.5, 0.6) is 0 Å². The zero-order valence-corrected chi connectivity index (χ0v) is 10.1. The molecule has 96 valence electrons. The van der Waals surface area contributed by atoms with Crippen LogP contribution in [-0.2, 0) is 0 Å². The molecule has 0 radical (unpaired) electrons. The summed E-state index contributed by atoms with van der Waals surface area (Å²) in [5.74, 6) is -3.19. The van der Waals surface area contributed by atoms with Gasteiger partial charge in [0, 0.05) is 17.2 Å². The van der Waals surface area contributed by atoms with E-state index in [1.807, 2.05) is 6.07 Å². The van der Waals surface area contributed by atoms with E-state index in [1.165, 1.54) is 18.2 Å². The molecule has 2 nitrogen and oxygen atoms in total. The Labute approximate surface area is 112 Å². The molecule has 0 fully saturated rings. The molecule has 0 unspecified atom stereocenters. The first-order valence-electron chi connectivity index (χ1n) is 5.12. The second kappa shape index (κ2) is 5.21. The maximum atomic E-state index is 13.5. The van der Waals surface area contributed by atoms with Crippen molar-refractivity contribution in [2.75, 3.05) is 5.32 Å². The van der Waals surface area contributed by atoms with Crippen LogP contribution in [0.4, 0.5) is 24.5 Å². The van der Waals surface area contributed by atoms with Crippen molar-refractivity contribution in [3.63, 3.8) is 0 Å². The van der Waals surface area contributed by atoms with Gasteiger partial charge in [-0.3, -0.25) is 0 Å². The van der Waals surface area contributed by atoms with Crippen molar-refractivity contribution in [1.82, 2.24) is 0 Å². The Morgan fingerprint density at radius 2 is 1.68 bits per heavy atom. The van der Waals surface area contributed by atoms with E-state index in [1.54, 1.807) is 0 Å². The van der Waals surface area contributed by atoms with E-state index in [0.29, 0.717) is 17.2 Å². The van der Waals surface area contributed by atoms with Crippen LogP contribution in [0.25, 0.3) is 0 Å². The number of hydrogen-bond acceptors (Lipinski definition) is 2. The summed E-state index contributed by atoms with van der Waals surface area (Å²) in [5, 5.41) is 11.6. The number of benzene rings is 2. The molecule has 0 aromatic heterocycles. The Morgan fingerprint density at radius 3 is 2.26 bits per heavy atom. The van der Waals surface area contributed by atoms with Crippen LogP contribution >= 0.6 is 11.6 Å². The molecule has 0 spiro atoms. The van der Waals surface area contributed by atoms with Gasteiger partial charge in [0.25, 0.3) is 0 Å². The van der Waals surface area contributed by atoms with Crippen LogP contribution in [0, 0.1) is 28.8 Å². The number of nitriles is 1. The lowest BCUT2D eigenvalue weighted by Crippen LogP contribution is -2.00. The maximum absolute atomic E-state index is 13.5. The van der Waals surface area contributed by atoms with Crippen LogP contribution in [0.2, 0.25) is 5.02 Å². The lowest BCUT2D eigenvalue weighted by atomic mass is 10.2. The second-order valence-corrected chi connectivity index (χ2v) is 4.11. The zero-order valence-electron chi connectivity index (χ0n) is 9.35. The molecule has 6 heteroatoms. The minimum Gasteiger partial charge on any atom is -0.350 e. The van der Waals surface area contributed by atoms with Gasteiger partial charge in [0.1, 0.15) is 17.6 Å². The van der Waals surface area contributed by atoms with E-state index < -0.39 is 23.1 Å². The number of nitrogens with one attached hydrogen (secondary N) is 1. The summed E-state index contributed by atoms with van der Waals surface area (Å²) in [6.07, 6.45) is 0. The maximum Gasteiger partial charge on any atom is 0.152 e. The van der Waals surface area contributed by atoms with Gasteiger partial charge in [-0.05, 0) is 18.2 Å². The van der Waals surface area contributed by atoms with Crippen LogP contribution in [-0.4, -0.2) is 0 Å². The average molecular weight is 283 g/mol. The van der Waals surface area contributed by atoms with Crippen molar-refractivity contribution < 1.29 is 13.2 Å². The highest BCUT2D eigenvalue weighted by Gasteiger charge is 2.13. The fourth-order valence-electron chi connectivity index (χ4n) is 1.51. The molecule has 0 saturated heterocycles. The standard InChI is InChI=1S/C13H6ClF3N2/c14-8-1-2-12(7(3-8)6-18)19-13-10(16)4-9(15)5-11(13)17/h1-5,19H. The lowest BCUT2D eigenvalue weighted by Gasteiger charge is -2.10. The topological polar surface area (TPSA) is 35.8 Å². The molecule has 0 bridgehead atoms. The molecule has 0 atom stereocenters. The summed E-state index contributed by atoms with van der Waals surface area (Å²) in [7, 11) is 0. The monoisotopic (exact) mass is 282 g/mol. The number of hydrogen-bond donors (Lipinski definition) is 1. The Balaban J connectivity index is 2.45. The van der Waals surface area contributed by atoms with Gasteiger partial charge in [-0.25, -0.2) is 13.2 Å². The van der Waals surface area contributed by atoms with Crippen molar-refractivity contribution in [1.29, 1.82) is 5.26 Å². The number of rotatable bonds is 2. The van der Waals surface area contributed by atoms with Gasteiger partial charge >= 0.3 is 0 Å². The summed E-state index contributed by atoms with van der Waals surface area (Å²) in [5.41, 5.74) is -0.229. The van der Waals surface area contributed by atoms with Crippen molar-refractivity contribution in [3.05, 3.63) is 58.4 Å². The molecule has 2 aromatic carbocycles. The Hall–Kier alpha value is -2.19. The molecule has 2 rings (SSSR count). The molecule has 0 saturated carbocycles. The summed E-state index contributed by atoms with van der Waals surface area (Å²) in [6, 6.07) is 7.16. The zero-order chi connectivity index (χ0) is 14.0. The lowest BCUT2D eigenvalue weighted by molar-refractivity contribution is 0.549. The number of anilines is 2. The van der Waals surface area contributed by atoms with Gasteiger partial charge in [0.2, 0.25) is 0 Å². The molecule has 1 N–H and O–H groups in total. The van der Waals surface area contributed by atoms with E-state index in [2.05, 4.69) is 5.32 Å². The first-order chi connectivity index (χ1) is 9.01. The largest absolute Gasteiger partial charge is 0.350 e. The minimum absolute atomic E-state index is 0.121. The van der Waals surface area contributed by atoms with Gasteiger partial charge in [0.15, 0.2) is 11.6 Å². The van der Waals surface area contributed by atoms with Gasteiger partial charge in [0.05, 0.1) is 11.3 Å². The molecule has 0 heterocycles. The first-order valence-corrected chi connectivity index (χ1v) is 5.50. The normalized spacial score (nSPS) is 10.1. The Kier molecular flexibility index (Phi) is 3.63. The molecule has 0 aliphatic heterocycles. The van der Waals surface area contributed by atoms with Gasteiger partial charge < -0.3 is 5.32 Å². The quantitative estimate of drug-likeness (QED) is 0.887. The van der Waals surface area contributed by atoms with Crippen molar-refractivity contribution >= 4 is 23.0 Å². The highest BCUT2D eigenvalue weighted by atomic mass is 35.5. The molecule has 19 heavy (non-hydrogen) atoms. The summed E-state index contributed by atoms with van der Waals surface area (Å²) >= 11 is 5.71. The Morgan fingerprint density at radius 1 is 1.05 bits per heavy atom. The predicted molar refractivity (Wildman–Crippen MR) is 65.8 cm³/mol.